The van der Waals surface area contributed by atoms with Gasteiger partial charge < -0.3 is 38.5 Å². The molecule has 0 aliphatic carbocycles. The summed E-state index contributed by atoms with van der Waals surface area (Å²) in [5, 5.41) is 0. The summed E-state index contributed by atoms with van der Waals surface area (Å²) in [5.74, 6) is 0. The average Bonchev–Trinajstić information content (AvgIpc) is 0.811. The van der Waals surface area contributed by atoms with E-state index in [2.05, 4.69) is 0 Å². The minimum atomic E-state index is -2.86. The van der Waals surface area contributed by atoms with Crippen LogP contribution in [-0.2, 0) is 11.4 Å². The van der Waals surface area contributed by atoms with Crippen LogP contribution in [0.1, 0.15) is 0 Å². The van der Waals surface area contributed by atoms with E-state index in [0.717, 1.165) is 0 Å². The zero-order valence-corrected chi connectivity index (χ0v) is 18.0. The van der Waals surface area contributed by atoms with E-state index in [1.807, 2.05) is 0 Å². The Morgan fingerprint density at radius 2 is 1.22 bits per heavy atom. The third kappa shape index (κ3) is 57.4. The van der Waals surface area contributed by atoms with E-state index in [-0.39, 0.29) is 184 Å². The summed E-state index contributed by atoms with van der Waals surface area (Å²) in [6.07, 6.45) is 0. The van der Waals surface area contributed by atoms with Crippen LogP contribution in [-0.4, -0.2) is 13.3 Å². The fourth-order valence-corrected chi connectivity index (χ4v) is 0. The van der Waals surface area contributed by atoms with Gasteiger partial charge in [0.1, 0.15) is 0 Å². The number of halogens is 2. The van der Waals surface area contributed by atoms with Crippen molar-refractivity contribution in [1.82, 2.24) is 0 Å². The molecule has 0 aromatic heterocycles. The van der Waals surface area contributed by atoms with Gasteiger partial charge in [-0.25, -0.2) is 4.21 Å². The molecular formula is HBrClK3O3S. The molecule has 0 spiro atoms. The van der Waals surface area contributed by atoms with E-state index in [1.165, 1.54) is 0 Å². The molecule has 0 saturated heterocycles. The van der Waals surface area contributed by atoms with E-state index in [1.54, 1.807) is 0 Å². The summed E-state index contributed by atoms with van der Waals surface area (Å²) in [4.78, 5) is 0. The van der Waals surface area contributed by atoms with Crippen molar-refractivity contribution in [1.29, 1.82) is 0 Å². The van der Waals surface area contributed by atoms with Crippen LogP contribution in [0.2, 0.25) is 0 Å². The van der Waals surface area contributed by atoms with Gasteiger partial charge in [-0.1, -0.05) is 0 Å². The van der Waals surface area contributed by atoms with Gasteiger partial charge in [0.05, 0.1) is 11.4 Å². The van der Waals surface area contributed by atoms with E-state index in [0.29, 0.717) is 0 Å². The third-order valence-corrected chi connectivity index (χ3v) is 0. The molecular weight excluding hydrogens is 313 g/mol. The summed E-state index contributed by atoms with van der Waals surface area (Å²) in [6, 6.07) is 0. The molecule has 0 amide bonds. The fraction of sp³-hybridized carbons (Fsp3) is 0. The van der Waals surface area contributed by atoms with Crippen molar-refractivity contribution in [3.05, 3.63) is 0 Å². The van der Waals surface area contributed by atoms with Crippen molar-refractivity contribution in [2.45, 2.75) is 0 Å². The van der Waals surface area contributed by atoms with Gasteiger partial charge in [-0.3, -0.25) is 0 Å². The van der Waals surface area contributed by atoms with Gasteiger partial charge in [0.15, 0.2) is 0 Å². The molecule has 1 unspecified atom stereocenters. The second kappa shape index (κ2) is 29.2. The largest absolute Gasteiger partial charge is 1.00 e. The van der Waals surface area contributed by atoms with Crippen molar-refractivity contribution in [3.63, 3.8) is 0 Å². The van der Waals surface area contributed by atoms with Crippen LogP contribution >= 0.6 is 0 Å². The molecule has 0 heterocycles. The standard InChI is InChI=1S/BrH.ClH.3K.H2O3S/c;;;;;1-4(2)3/h2*1H;;;;(H2,1,2,3)/q;;3*+1;/p-3. The first-order valence-corrected chi connectivity index (χ1v) is 1.55. The zero-order chi connectivity index (χ0) is 3.58. The summed E-state index contributed by atoms with van der Waals surface area (Å²) in [5.41, 5.74) is 0. The molecule has 0 aliphatic heterocycles. The number of hydrogen-bond donors (Lipinski definition) is 1. The predicted octanol–water partition coefficient (Wildman–Crippen LogP) is -15.6. The second-order valence-corrected chi connectivity index (χ2v) is 0.651. The molecule has 0 saturated carbocycles. The molecule has 0 aromatic rings. The summed E-state index contributed by atoms with van der Waals surface area (Å²) >= 11 is -2.86. The maximum absolute atomic E-state index is 8.56. The van der Waals surface area contributed by atoms with Crippen LogP contribution in [0.25, 0.3) is 0 Å². The average molecular weight is 314 g/mol. The Morgan fingerprint density at radius 1 is 1.22 bits per heavy atom. The minimum Gasteiger partial charge on any atom is -1.00 e. The Morgan fingerprint density at radius 3 is 1.22 bits per heavy atom. The van der Waals surface area contributed by atoms with Gasteiger partial charge in [0, 0.05) is 0 Å². The van der Waals surface area contributed by atoms with E-state index < -0.39 is 11.4 Å². The quantitative estimate of drug-likeness (QED) is 0.357. The molecule has 9 heteroatoms. The van der Waals surface area contributed by atoms with Gasteiger partial charge in [-0.2, -0.15) is 0 Å². The van der Waals surface area contributed by atoms with E-state index >= 15 is 0 Å². The SMILES string of the molecule is O=S([O-])O.[Br-].[Cl-].[K+].[K+].[K+]. The number of rotatable bonds is 0. The Balaban J connectivity index is -0.00000000450. The van der Waals surface area contributed by atoms with Gasteiger partial charge in [-0.05, 0) is 0 Å². The molecule has 0 rings (SSSR count). The van der Waals surface area contributed by atoms with Crippen molar-refractivity contribution < 1.29 is 197 Å². The van der Waals surface area contributed by atoms with Crippen LogP contribution in [0.5, 0.6) is 0 Å². The molecule has 0 radical (unpaired) electrons. The van der Waals surface area contributed by atoms with Crippen molar-refractivity contribution in [3.8, 4) is 0 Å². The van der Waals surface area contributed by atoms with E-state index in [9.17, 15) is 0 Å². The van der Waals surface area contributed by atoms with Crippen molar-refractivity contribution in [2.75, 3.05) is 0 Å². The van der Waals surface area contributed by atoms with Gasteiger partial charge >= 0.3 is 154 Å². The van der Waals surface area contributed by atoms with Crippen molar-refractivity contribution in [2.24, 2.45) is 0 Å². The first-order valence-electron chi connectivity index (χ1n) is 0.516. The molecule has 1 N–H and O–H groups in total. The zero-order valence-electron chi connectivity index (χ0n) is 5.43. The van der Waals surface area contributed by atoms with Crippen LogP contribution in [0.4, 0.5) is 0 Å². The molecule has 0 aliphatic rings. The maximum Gasteiger partial charge on any atom is 1.00 e. The molecule has 0 aromatic carbocycles. The Bertz CT molecular complexity index is 42.0. The van der Waals surface area contributed by atoms with Crippen LogP contribution in [0.3, 0.4) is 0 Å². The first kappa shape index (κ1) is 36.4. The maximum atomic E-state index is 8.56. The molecule has 1 atom stereocenters. The van der Waals surface area contributed by atoms with E-state index in [4.69, 9.17) is 13.3 Å². The summed E-state index contributed by atoms with van der Waals surface area (Å²) < 4.78 is 24.1. The van der Waals surface area contributed by atoms with Gasteiger partial charge in [-0.15, -0.1) is 0 Å². The Labute approximate surface area is 201 Å². The second-order valence-electron chi connectivity index (χ2n) is 0.217. The van der Waals surface area contributed by atoms with Crippen molar-refractivity contribution >= 4 is 11.4 Å². The Kier molecular flexibility index (Phi) is 118. The van der Waals surface area contributed by atoms with Crippen LogP contribution < -0.4 is 184 Å². The molecule has 9 heavy (non-hydrogen) atoms. The molecule has 42 valence electrons. The number of hydrogen-bond acceptors (Lipinski definition) is 2. The summed E-state index contributed by atoms with van der Waals surface area (Å²) in [6.45, 7) is 0. The first-order chi connectivity index (χ1) is 1.73. The topological polar surface area (TPSA) is 60.4 Å². The van der Waals surface area contributed by atoms with Crippen LogP contribution in [0, 0.1) is 0 Å². The smallest absolute Gasteiger partial charge is 1.00 e. The fourth-order valence-electron chi connectivity index (χ4n) is 0. The minimum absolute atomic E-state index is 0. The third-order valence-electron chi connectivity index (χ3n) is 0. The molecule has 3 nitrogen and oxygen atoms in total. The van der Waals surface area contributed by atoms with Gasteiger partial charge in [0.2, 0.25) is 0 Å². The molecule has 0 bridgehead atoms. The summed E-state index contributed by atoms with van der Waals surface area (Å²) in [7, 11) is 0. The normalized spacial score (nSPS) is 6.89. The predicted molar refractivity (Wildman–Crippen MR) is 11.5 cm³/mol. The van der Waals surface area contributed by atoms with Crippen LogP contribution in [0.15, 0.2) is 0 Å². The molecule has 0 fully saturated rings. The van der Waals surface area contributed by atoms with Gasteiger partial charge in [0.25, 0.3) is 0 Å². The Hall–Kier alpha value is 5.75. The monoisotopic (exact) mass is 312 g/mol.